The summed E-state index contributed by atoms with van der Waals surface area (Å²) in [5.74, 6) is -2.13. The number of carbonyl (C=O) groups excluding carboxylic acids is 1. The second kappa shape index (κ2) is 10.5. The third-order valence-corrected chi connectivity index (χ3v) is 5.53. The summed E-state index contributed by atoms with van der Waals surface area (Å²) in [4.78, 5) is 24.2. The molecule has 32 heavy (non-hydrogen) atoms. The van der Waals surface area contributed by atoms with E-state index in [9.17, 15) is 19.1 Å². The molecule has 0 unspecified atom stereocenters. The molecule has 0 aliphatic heterocycles. The molecule has 1 atom stereocenters. The van der Waals surface area contributed by atoms with Gasteiger partial charge in [0.15, 0.2) is 0 Å². The standard InChI is InChI=1S/C23H17Cl2FN2O3S/c24-16-5-3-6-17(25)20(16)21(29)27-14-10-8-13(9-11-14)12-19(23(30)31)28-22(32)15-4-1-2-7-18(15)26/h1-11,19H,12H2,(H,27,29)(H,28,32)(H,30,31)/t19-/m0/s1. The molecular weight excluding hydrogens is 474 g/mol. The van der Waals surface area contributed by atoms with Crippen molar-refractivity contribution in [2.24, 2.45) is 0 Å². The normalized spacial score (nSPS) is 11.5. The van der Waals surface area contributed by atoms with Gasteiger partial charge in [-0.1, -0.05) is 65.8 Å². The molecule has 0 saturated heterocycles. The molecule has 3 N–H and O–H groups in total. The zero-order valence-electron chi connectivity index (χ0n) is 16.4. The summed E-state index contributed by atoms with van der Waals surface area (Å²) in [5.41, 5.74) is 1.45. The highest BCUT2D eigenvalue weighted by atomic mass is 35.5. The van der Waals surface area contributed by atoms with Gasteiger partial charge in [0.05, 0.1) is 15.6 Å². The smallest absolute Gasteiger partial charge is 0.326 e. The van der Waals surface area contributed by atoms with Gasteiger partial charge >= 0.3 is 5.97 Å². The van der Waals surface area contributed by atoms with Crippen molar-refractivity contribution >= 4 is 58.0 Å². The van der Waals surface area contributed by atoms with Gasteiger partial charge in [-0.25, -0.2) is 9.18 Å². The van der Waals surface area contributed by atoms with E-state index in [2.05, 4.69) is 10.6 Å². The number of amides is 1. The minimum Gasteiger partial charge on any atom is -0.480 e. The lowest BCUT2D eigenvalue weighted by Gasteiger charge is -2.17. The van der Waals surface area contributed by atoms with Gasteiger partial charge in [0.1, 0.15) is 16.8 Å². The maximum atomic E-state index is 13.9. The Hall–Kier alpha value is -3.00. The van der Waals surface area contributed by atoms with Gasteiger partial charge in [-0.05, 0) is 42.0 Å². The summed E-state index contributed by atoms with van der Waals surface area (Å²) in [6, 6.07) is 16.2. The van der Waals surface area contributed by atoms with Crippen LogP contribution in [0.15, 0.2) is 66.7 Å². The fourth-order valence-electron chi connectivity index (χ4n) is 2.95. The zero-order chi connectivity index (χ0) is 23.3. The van der Waals surface area contributed by atoms with Crippen molar-refractivity contribution in [1.82, 2.24) is 5.32 Å². The van der Waals surface area contributed by atoms with Crippen LogP contribution in [0.1, 0.15) is 21.5 Å². The predicted octanol–water partition coefficient (Wildman–Crippen LogP) is 5.35. The Balaban J connectivity index is 1.68. The van der Waals surface area contributed by atoms with Crippen molar-refractivity contribution in [2.45, 2.75) is 12.5 Å². The summed E-state index contributed by atoms with van der Waals surface area (Å²) in [6.07, 6.45) is 0.0918. The Kier molecular flexibility index (Phi) is 7.80. The second-order valence-electron chi connectivity index (χ2n) is 6.80. The predicted molar refractivity (Wildman–Crippen MR) is 127 cm³/mol. The molecule has 0 aliphatic rings. The van der Waals surface area contributed by atoms with Crippen LogP contribution < -0.4 is 10.6 Å². The number of carboxylic acid groups (broad SMARTS) is 1. The minimum atomic E-state index is -1.13. The first-order valence-electron chi connectivity index (χ1n) is 9.38. The summed E-state index contributed by atoms with van der Waals surface area (Å²) >= 11 is 17.3. The lowest BCUT2D eigenvalue weighted by Crippen LogP contribution is -2.42. The highest BCUT2D eigenvalue weighted by Crippen LogP contribution is 2.25. The monoisotopic (exact) mass is 490 g/mol. The van der Waals surface area contributed by atoms with Crippen LogP contribution in [-0.4, -0.2) is 28.0 Å². The largest absolute Gasteiger partial charge is 0.480 e. The highest BCUT2D eigenvalue weighted by molar-refractivity contribution is 7.80. The van der Waals surface area contributed by atoms with E-state index in [-0.39, 0.29) is 32.6 Å². The van der Waals surface area contributed by atoms with E-state index in [1.165, 1.54) is 18.2 Å². The van der Waals surface area contributed by atoms with Crippen LogP contribution in [0.25, 0.3) is 0 Å². The van der Waals surface area contributed by atoms with E-state index in [0.717, 1.165) is 0 Å². The fourth-order valence-corrected chi connectivity index (χ4v) is 3.83. The summed E-state index contributed by atoms with van der Waals surface area (Å²) < 4.78 is 13.9. The van der Waals surface area contributed by atoms with E-state index >= 15 is 0 Å². The quantitative estimate of drug-likeness (QED) is 0.389. The van der Waals surface area contributed by atoms with E-state index in [1.54, 1.807) is 48.5 Å². The number of anilines is 1. The van der Waals surface area contributed by atoms with Crippen LogP contribution in [0.5, 0.6) is 0 Å². The number of hydrogen-bond donors (Lipinski definition) is 3. The molecule has 9 heteroatoms. The van der Waals surface area contributed by atoms with Crippen molar-refractivity contribution in [3.8, 4) is 0 Å². The first kappa shape index (κ1) is 23.7. The van der Waals surface area contributed by atoms with Gasteiger partial charge in [0, 0.05) is 17.7 Å². The maximum Gasteiger partial charge on any atom is 0.326 e. The number of hydrogen-bond acceptors (Lipinski definition) is 3. The van der Waals surface area contributed by atoms with E-state index in [4.69, 9.17) is 35.4 Å². The summed E-state index contributed by atoms with van der Waals surface area (Å²) in [5, 5.41) is 15.4. The molecule has 5 nitrogen and oxygen atoms in total. The van der Waals surface area contributed by atoms with Gasteiger partial charge in [-0.15, -0.1) is 0 Å². The highest BCUT2D eigenvalue weighted by Gasteiger charge is 2.21. The molecule has 3 aromatic carbocycles. The Morgan fingerprint density at radius 1 is 0.969 bits per heavy atom. The molecule has 0 aromatic heterocycles. The molecule has 0 fully saturated rings. The first-order chi connectivity index (χ1) is 15.3. The van der Waals surface area contributed by atoms with Gasteiger partial charge in [-0.2, -0.15) is 0 Å². The molecule has 0 heterocycles. The zero-order valence-corrected chi connectivity index (χ0v) is 18.8. The minimum absolute atomic E-state index is 0.0102. The average Bonchev–Trinajstić information content (AvgIpc) is 2.74. The first-order valence-corrected chi connectivity index (χ1v) is 10.5. The molecule has 0 aliphatic carbocycles. The van der Waals surface area contributed by atoms with Crippen molar-refractivity contribution < 1.29 is 19.1 Å². The fraction of sp³-hybridized carbons (Fsp3) is 0.0870. The van der Waals surface area contributed by atoms with Gasteiger partial charge in [-0.3, -0.25) is 4.79 Å². The molecule has 0 saturated carbocycles. The van der Waals surface area contributed by atoms with Crippen LogP contribution >= 0.6 is 35.4 Å². The third kappa shape index (κ3) is 5.82. The van der Waals surface area contributed by atoms with Crippen molar-refractivity contribution in [3.63, 3.8) is 0 Å². The van der Waals surface area contributed by atoms with Crippen molar-refractivity contribution in [3.05, 3.63) is 99.3 Å². The lowest BCUT2D eigenvalue weighted by atomic mass is 10.0. The molecule has 0 bridgehead atoms. The van der Waals surface area contributed by atoms with Crippen molar-refractivity contribution in [1.29, 1.82) is 0 Å². The Morgan fingerprint density at radius 2 is 1.59 bits per heavy atom. The van der Waals surface area contributed by atoms with Crippen LogP contribution in [0.2, 0.25) is 10.0 Å². The average molecular weight is 491 g/mol. The second-order valence-corrected chi connectivity index (χ2v) is 8.02. The SMILES string of the molecule is O=C(Nc1ccc(C[C@H](NC(=S)c2ccccc2F)C(=O)O)cc1)c1c(Cl)cccc1Cl. The van der Waals surface area contributed by atoms with Crippen LogP contribution in [0.4, 0.5) is 10.1 Å². The molecule has 3 rings (SSSR count). The van der Waals surface area contributed by atoms with Gasteiger partial charge in [0.2, 0.25) is 0 Å². The molecule has 3 aromatic rings. The number of carboxylic acids is 1. The van der Waals surface area contributed by atoms with Crippen LogP contribution in [-0.2, 0) is 11.2 Å². The van der Waals surface area contributed by atoms with E-state index in [0.29, 0.717) is 11.3 Å². The molecular formula is C23H17Cl2FN2O3S. The summed E-state index contributed by atoms with van der Waals surface area (Å²) in [7, 11) is 0. The Morgan fingerprint density at radius 3 is 2.19 bits per heavy atom. The number of rotatable bonds is 7. The molecule has 0 radical (unpaired) electrons. The van der Waals surface area contributed by atoms with Crippen LogP contribution in [0.3, 0.4) is 0 Å². The number of carbonyl (C=O) groups is 2. The molecule has 1 amide bonds. The Bertz CT molecular complexity index is 1150. The number of aliphatic carboxylic acids is 1. The third-order valence-electron chi connectivity index (χ3n) is 4.56. The topological polar surface area (TPSA) is 78.4 Å². The van der Waals surface area contributed by atoms with Crippen LogP contribution in [0, 0.1) is 5.82 Å². The number of benzene rings is 3. The number of nitrogens with one attached hydrogen (secondary N) is 2. The van der Waals surface area contributed by atoms with E-state index < -0.39 is 23.7 Å². The lowest BCUT2D eigenvalue weighted by molar-refractivity contribution is -0.139. The molecule has 164 valence electrons. The Labute approximate surface area is 199 Å². The maximum absolute atomic E-state index is 13.9. The number of thiocarbonyl (C=S) groups is 1. The van der Waals surface area contributed by atoms with Gasteiger partial charge < -0.3 is 15.7 Å². The van der Waals surface area contributed by atoms with Crippen molar-refractivity contribution in [2.75, 3.05) is 5.32 Å². The summed E-state index contributed by atoms with van der Waals surface area (Å²) in [6.45, 7) is 0. The molecule has 0 spiro atoms. The van der Waals surface area contributed by atoms with Gasteiger partial charge in [0.25, 0.3) is 5.91 Å². The number of halogens is 3. The van der Waals surface area contributed by atoms with E-state index in [1.807, 2.05) is 0 Å².